The van der Waals surface area contributed by atoms with Crippen LogP contribution in [0.5, 0.6) is 5.75 Å². The van der Waals surface area contributed by atoms with Crippen LogP contribution < -0.4 is 5.32 Å². The Morgan fingerprint density at radius 3 is 2.65 bits per heavy atom. The van der Waals surface area contributed by atoms with Crippen LogP contribution in [0.4, 0.5) is 14.6 Å². The zero-order valence-electron chi connectivity index (χ0n) is 14.2. The van der Waals surface area contributed by atoms with Gasteiger partial charge in [0.05, 0.1) is 12.3 Å². The zero-order chi connectivity index (χ0) is 18.5. The van der Waals surface area contributed by atoms with Crippen molar-refractivity contribution >= 4 is 5.82 Å². The quantitative estimate of drug-likeness (QED) is 0.641. The molecule has 0 unspecified atom stereocenters. The third-order valence-electron chi connectivity index (χ3n) is 3.82. The Bertz CT molecular complexity index is 916. The van der Waals surface area contributed by atoms with Gasteiger partial charge in [-0.3, -0.25) is 0 Å². The van der Waals surface area contributed by atoms with Gasteiger partial charge >= 0.3 is 0 Å². The van der Waals surface area contributed by atoms with E-state index >= 15 is 0 Å². The monoisotopic (exact) mass is 356 g/mol. The summed E-state index contributed by atoms with van der Waals surface area (Å²) in [5.74, 6) is -0.449. The molecule has 3 aromatic rings. The molecule has 0 atom stereocenters. The van der Waals surface area contributed by atoms with Crippen molar-refractivity contribution in [2.75, 3.05) is 25.6 Å². The van der Waals surface area contributed by atoms with Gasteiger partial charge in [-0.25, -0.2) is 13.8 Å². The second kappa shape index (κ2) is 7.93. The highest BCUT2D eigenvalue weighted by molar-refractivity contribution is 5.74. The molecule has 0 saturated carbocycles. The predicted octanol–water partition coefficient (Wildman–Crippen LogP) is 4.46. The van der Waals surface area contributed by atoms with Crippen molar-refractivity contribution in [1.29, 1.82) is 0 Å². The van der Waals surface area contributed by atoms with Gasteiger partial charge in [-0.15, -0.1) is 0 Å². The molecule has 1 heterocycles. The van der Waals surface area contributed by atoms with E-state index < -0.39 is 11.6 Å². The molecular weight excluding hydrogens is 338 g/mol. The third-order valence-corrected chi connectivity index (χ3v) is 3.82. The second-order valence-corrected chi connectivity index (χ2v) is 5.72. The molecule has 6 heteroatoms. The molecule has 134 valence electrons. The summed E-state index contributed by atoms with van der Waals surface area (Å²) in [6.07, 6.45) is 0. The molecule has 0 saturated heterocycles. The highest BCUT2D eigenvalue weighted by atomic mass is 19.1. The van der Waals surface area contributed by atoms with Crippen LogP contribution in [0.3, 0.4) is 0 Å². The van der Waals surface area contributed by atoms with Crippen molar-refractivity contribution in [3.8, 4) is 28.1 Å². The number of benzene rings is 2. The van der Waals surface area contributed by atoms with Gasteiger partial charge in [0, 0.05) is 24.8 Å². The molecule has 2 aromatic carbocycles. The van der Waals surface area contributed by atoms with Crippen LogP contribution in [0.15, 0.2) is 54.6 Å². The average molecular weight is 356 g/mol. The van der Waals surface area contributed by atoms with E-state index in [-0.39, 0.29) is 11.3 Å². The molecule has 2 N–H and O–H groups in total. The van der Waals surface area contributed by atoms with Crippen molar-refractivity contribution in [3.05, 3.63) is 66.2 Å². The summed E-state index contributed by atoms with van der Waals surface area (Å²) in [5.41, 5.74) is 1.82. The maximum Gasteiger partial charge on any atom is 0.131 e. The highest BCUT2D eigenvalue weighted by Crippen LogP contribution is 2.31. The van der Waals surface area contributed by atoms with Gasteiger partial charge in [0.1, 0.15) is 23.2 Å². The number of hydrogen-bond acceptors (Lipinski definition) is 4. The number of pyridine rings is 1. The van der Waals surface area contributed by atoms with Crippen LogP contribution in [0, 0.1) is 11.6 Å². The Morgan fingerprint density at radius 1 is 1.04 bits per heavy atom. The van der Waals surface area contributed by atoms with E-state index in [1.807, 2.05) is 0 Å². The molecule has 0 amide bonds. The number of aromatic nitrogens is 1. The summed E-state index contributed by atoms with van der Waals surface area (Å²) in [4.78, 5) is 4.50. The number of aromatic hydroxyl groups is 1. The smallest absolute Gasteiger partial charge is 0.131 e. The van der Waals surface area contributed by atoms with Crippen molar-refractivity contribution in [2.24, 2.45) is 0 Å². The van der Waals surface area contributed by atoms with Gasteiger partial charge in [-0.2, -0.15) is 0 Å². The van der Waals surface area contributed by atoms with Crippen LogP contribution in [0.2, 0.25) is 0 Å². The van der Waals surface area contributed by atoms with E-state index in [9.17, 15) is 13.9 Å². The molecule has 26 heavy (non-hydrogen) atoms. The minimum atomic E-state index is -0.526. The molecule has 1 aromatic heterocycles. The lowest BCUT2D eigenvalue weighted by atomic mass is 10.0. The van der Waals surface area contributed by atoms with E-state index in [2.05, 4.69) is 10.3 Å². The van der Waals surface area contributed by atoms with Crippen LogP contribution in [-0.4, -0.2) is 30.4 Å². The standard InChI is InChI=1S/C20H18F2N2O2/c1-26-8-7-23-20-11-14(17-12-15(21)5-6-18(17)22)10-19(24-20)13-3-2-4-16(25)9-13/h2-6,9-12,25H,7-8H2,1H3,(H,23,24). The minimum Gasteiger partial charge on any atom is -0.508 e. The first-order chi connectivity index (χ1) is 12.6. The van der Waals surface area contributed by atoms with E-state index in [0.29, 0.717) is 35.8 Å². The SMILES string of the molecule is COCCNc1cc(-c2cc(F)ccc2F)cc(-c2cccc(O)c2)n1. The lowest BCUT2D eigenvalue weighted by molar-refractivity contribution is 0.210. The highest BCUT2D eigenvalue weighted by Gasteiger charge is 2.12. The van der Waals surface area contributed by atoms with Gasteiger partial charge in [0.25, 0.3) is 0 Å². The van der Waals surface area contributed by atoms with Crippen LogP contribution in [0.25, 0.3) is 22.4 Å². The first-order valence-electron chi connectivity index (χ1n) is 8.06. The molecule has 0 radical (unpaired) electrons. The fourth-order valence-electron chi connectivity index (χ4n) is 2.59. The van der Waals surface area contributed by atoms with Gasteiger partial charge in [-0.05, 0) is 48.0 Å². The number of nitrogens with zero attached hydrogens (tertiary/aromatic N) is 1. The third kappa shape index (κ3) is 4.15. The number of halogens is 2. The molecule has 0 fully saturated rings. The number of nitrogens with one attached hydrogen (secondary N) is 1. The predicted molar refractivity (Wildman–Crippen MR) is 97.1 cm³/mol. The van der Waals surface area contributed by atoms with Gasteiger partial charge in [0.15, 0.2) is 0 Å². The van der Waals surface area contributed by atoms with Crippen LogP contribution in [-0.2, 0) is 4.74 Å². The minimum absolute atomic E-state index is 0.0977. The van der Waals surface area contributed by atoms with E-state index in [4.69, 9.17) is 4.74 Å². The van der Waals surface area contributed by atoms with Gasteiger partial charge < -0.3 is 15.2 Å². The lowest BCUT2D eigenvalue weighted by Crippen LogP contribution is -2.09. The van der Waals surface area contributed by atoms with E-state index in [1.165, 1.54) is 0 Å². The average Bonchev–Trinajstić information content (AvgIpc) is 2.64. The fourth-order valence-corrected chi connectivity index (χ4v) is 2.59. The number of methoxy groups -OCH3 is 1. The number of phenolic OH excluding ortho intramolecular Hbond substituents is 1. The van der Waals surface area contributed by atoms with Gasteiger partial charge in [-0.1, -0.05) is 12.1 Å². The maximum absolute atomic E-state index is 14.2. The number of hydrogen-bond donors (Lipinski definition) is 2. The summed E-state index contributed by atoms with van der Waals surface area (Å²) in [6.45, 7) is 0.986. The molecular formula is C20H18F2N2O2. The maximum atomic E-state index is 14.2. The molecule has 0 aliphatic rings. The summed E-state index contributed by atoms with van der Waals surface area (Å²) in [6, 6.07) is 13.2. The van der Waals surface area contributed by atoms with Crippen molar-refractivity contribution in [3.63, 3.8) is 0 Å². The number of anilines is 1. The summed E-state index contributed by atoms with van der Waals surface area (Å²) >= 11 is 0. The van der Waals surface area contributed by atoms with Crippen molar-refractivity contribution < 1.29 is 18.6 Å². The second-order valence-electron chi connectivity index (χ2n) is 5.72. The Balaban J connectivity index is 2.09. The van der Waals surface area contributed by atoms with Crippen LogP contribution in [0.1, 0.15) is 0 Å². The number of phenols is 1. The summed E-state index contributed by atoms with van der Waals surface area (Å²) < 4.78 is 32.8. The number of ether oxygens (including phenoxy) is 1. The van der Waals surface area contributed by atoms with Crippen LogP contribution >= 0.6 is 0 Å². The molecule has 0 spiro atoms. The normalized spacial score (nSPS) is 10.7. The molecule has 0 aliphatic heterocycles. The van der Waals surface area contributed by atoms with E-state index in [1.54, 1.807) is 43.5 Å². The Morgan fingerprint density at radius 2 is 1.88 bits per heavy atom. The van der Waals surface area contributed by atoms with Crippen molar-refractivity contribution in [1.82, 2.24) is 4.98 Å². The molecule has 0 bridgehead atoms. The van der Waals surface area contributed by atoms with E-state index in [0.717, 1.165) is 18.2 Å². The topological polar surface area (TPSA) is 54.4 Å². The lowest BCUT2D eigenvalue weighted by Gasteiger charge is -2.12. The molecule has 4 nitrogen and oxygen atoms in total. The fraction of sp³-hybridized carbons (Fsp3) is 0.150. The van der Waals surface area contributed by atoms with Gasteiger partial charge in [0.2, 0.25) is 0 Å². The summed E-state index contributed by atoms with van der Waals surface area (Å²) in [5, 5.41) is 12.8. The molecule has 0 aliphatic carbocycles. The summed E-state index contributed by atoms with van der Waals surface area (Å²) in [7, 11) is 1.59. The first kappa shape index (κ1) is 17.8. The number of rotatable bonds is 6. The Hall–Kier alpha value is -2.99. The van der Waals surface area contributed by atoms with Crippen molar-refractivity contribution in [2.45, 2.75) is 0 Å². The largest absolute Gasteiger partial charge is 0.508 e. The Kier molecular flexibility index (Phi) is 5.43. The molecule has 3 rings (SSSR count). The first-order valence-corrected chi connectivity index (χ1v) is 8.06. The zero-order valence-corrected chi connectivity index (χ0v) is 14.2. The Labute approximate surface area is 150 Å².